The molecular weight excluding hydrogens is 589 g/mol. The van der Waals surface area contributed by atoms with Gasteiger partial charge in [-0.15, -0.1) is 0 Å². The third-order valence-electron chi connectivity index (χ3n) is 9.84. The molecule has 224 valence electrons. The van der Waals surface area contributed by atoms with Crippen LogP contribution in [0.1, 0.15) is 0 Å². The Balaban J connectivity index is 1.09. The van der Waals surface area contributed by atoms with Crippen molar-refractivity contribution >= 4 is 71.6 Å². The molecule has 0 radical (unpaired) electrons. The minimum absolute atomic E-state index is 0.881. The summed E-state index contributed by atoms with van der Waals surface area (Å²) in [5.41, 5.74) is 13.0. The topological polar surface area (TPSA) is 40.3 Å². The van der Waals surface area contributed by atoms with Crippen LogP contribution in [-0.2, 0) is 0 Å². The molecule has 0 atom stereocenters. The molecule has 0 aliphatic heterocycles. The largest absolute Gasteiger partial charge is 0.456 e. The highest BCUT2D eigenvalue weighted by atomic mass is 16.3. The monoisotopic (exact) mass is 614 g/mol. The van der Waals surface area contributed by atoms with Crippen LogP contribution in [0.25, 0.3) is 94.1 Å². The number of benzene rings is 7. The standard InChI is InChI=1S/C43H26N4O/c1-4-15-36-31(12-1)32-13-2-5-16-37(32)45(36)30-21-23-42-34(26-30)33-25-28(20-22-41(33)48-42)27-10-9-11-29(24-27)46-39-18-7-8-19-40(39)47-38-17-6-3-14-35(38)44-43(46)47/h1-26H. The number of furan rings is 1. The van der Waals surface area contributed by atoms with Crippen molar-refractivity contribution in [2.45, 2.75) is 0 Å². The van der Waals surface area contributed by atoms with Crippen LogP contribution in [0.4, 0.5) is 0 Å². The molecule has 5 nitrogen and oxygen atoms in total. The molecule has 0 aliphatic carbocycles. The van der Waals surface area contributed by atoms with Gasteiger partial charge in [-0.25, -0.2) is 4.98 Å². The fourth-order valence-electron chi connectivity index (χ4n) is 7.71. The van der Waals surface area contributed by atoms with Crippen molar-refractivity contribution in [3.63, 3.8) is 0 Å². The third kappa shape index (κ3) is 3.47. The Morgan fingerprint density at radius 3 is 1.79 bits per heavy atom. The SMILES string of the molecule is c1cc(-c2ccc3oc4ccc(-n5c6ccccc6c6ccccc65)cc4c3c2)cc(-n2c3ccccc3n3c4ccccc4nc23)c1. The molecule has 4 aromatic heterocycles. The molecule has 0 bridgehead atoms. The summed E-state index contributed by atoms with van der Waals surface area (Å²) in [5, 5.41) is 4.71. The summed E-state index contributed by atoms with van der Waals surface area (Å²) < 4.78 is 13.3. The number of hydrogen-bond donors (Lipinski definition) is 0. The predicted octanol–water partition coefficient (Wildman–Crippen LogP) is 11.1. The highest BCUT2D eigenvalue weighted by molar-refractivity contribution is 6.11. The highest BCUT2D eigenvalue weighted by Gasteiger charge is 2.18. The summed E-state index contributed by atoms with van der Waals surface area (Å²) in [6.45, 7) is 0. The summed E-state index contributed by atoms with van der Waals surface area (Å²) in [6.07, 6.45) is 0. The van der Waals surface area contributed by atoms with Crippen molar-refractivity contribution in [2.24, 2.45) is 0 Å². The molecule has 0 aliphatic rings. The van der Waals surface area contributed by atoms with Gasteiger partial charge in [0.15, 0.2) is 0 Å². The fraction of sp³-hybridized carbons (Fsp3) is 0. The van der Waals surface area contributed by atoms with E-state index in [9.17, 15) is 0 Å². The lowest BCUT2D eigenvalue weighted by atomic mass is 10.0. The van der Waals surface area contributed by atoms with Gasteiger partial charge in [0, 0.05) is 32.9 Å². The van der Waals surface area contributed by atoms with Crippen molar-refractivity contribution in [2.75, 3.05) is 0 Å². The van der Waals surface area contributed by atoms with E-state index in [0.717, 1.165) is 72.3 Å². The molecule has 48 heavy (non-hydrogen) atoms. The van der Waals surface area contributed by atoms with Gasteiger partial charge in [0.25, 0.3) is 0 Å². The molecule has 0 N–H and O–H groups in total. The van der Waals surface area contributed by atoms with Gasteiger partial charge in [-0.3, -0.25) is 8.97 Å². The van der Waals surface area contributed by atoms with E-state index in [0.29, 0.717) is 0 Å². The van der Waals surface area contributed by atoms with Gasteiger partial charge >= 0.3 is 0 Å². The molecule has 4 heterocycles. The first kappa shape index (κ1) is 25.6. The van der Waals surface area contributed by atoms with E-state index in [4.69, 9.17) is 9.40 Å². The Hall–Kier alpha value is -6.59. The number of para-hydroxylation sites is 6. The Bertz CT molecular complexity index is 3030. The van der Waals surface area contributed by atoms with Gasteiger partial charge in [-0.2, -0.15) is 0 Å². The highest BCUT2D eigenvalue weighted by Crippen LogP contribution is 2.37. The van der Waals surface area contributed by atoms with Gasteiger partial charge in [0.1, 0.15) is 11.2 Å². The van der Waals surface area contributed by atoms with Crippen molar-refractivity contribution in [1.82, 2.24) is 18.5 Å². The van der Waals surface area contributed by atoms with E-state index in [-0.39, 0.29) is 0 Å². The summed E-state index contributed by atoms with van der Waals surface area (Å²) in [7, 11) is 0. The third-order valence-corrected chi connectivity index (χ3v) is 9.84. The summed E-state index contributed by atoms with van der Waals surface area (Å²) in [6, 6.07) is 55.9. The lowest BCUT2D eigenvalue weighted by Gasteiger charge is -2.09. The normalized spacial score (nSPS) is 12.2. The first-order valence-electron chi connectivity index (χ1n) is 16.2. The number of nitrogens with zero attached hydrogens (tertiary/aromatic N) is 4. The van der Waals surface area contributed by atoms with Crippen molar-refractivity contribution in [3.8, 4) is 22.5 Å². The molecule has 0 unspecified atom stereocenters. The number of hydrogen-bond acceptors (Lipinski definition) is 2. The van der Waals surface area contributed by atoms with Crippen LogP contribution in [-0.4, -0.2) is 18.5 Å². The average molecular weight is 615 g/mol. The fourth-order valence-corrected chi connectivity index (χ4v) is 7.71. The van der Waals surface area contributed by atoms with Crippen molar-refractivity contribution in [1.29, 1.82) is 0 Å². The molecular formula is C43H26N4O. The Labute approximate surface area is 274 Å². The summed E-state index contributed by atoms with van der Waals surface area (Å²) >= 11 is 0. The van der Waals surface area contributed by atoms with Crippen LogP contribution in [0.15, 0.2) is 162 Å². The van der Waals surface area contributed by atoms with Gasteiger partial charge in [-0.05, 0) is 90.0 Å². The van der Waals surface area contributed by atoms with E-state index >= 15 is 0 Å². The van der Waals surface area contributed by atoms with E-state index in [2.05, 4.69) is 165 Å². The van der Waals surface area contributed by atoms with Crippen LogP contribution >= 0.6 is 0 Å². The first-order chi connectivity index (χ1) is 23.8. The van der Waals surface area contributed by atoms with E-state index in [1.165, 1.54) is 21.8 Å². The van der Waals surface area contributed by atoms with Gasteiger partial charge in [-0.1, -0.05) is 78.9 Å². The maximum absolute atomic E-state index is 6.37. The smallest absolute Gasteiger partial charge is 0.220 e. The van der Waals surface area contributed by atoms with E-state index in [1.54, 1.807) is 0 Å². The average Bonchev–Trinajstić information content (AvgIpc) is 3.88. The van der Waals surface area contributed by atoms with Gasteiger partial charge in [0.2, 0.25) is 5.78 Å². The second-order valence-corrected chi connectivity index (χ2v) is 12.5. The number of imidazole rings is 2. The lowest BCUT2D eigenvalue weighted by molar-refractivity contribution is 0.669. The molecule has 0 spiro atoms. The lowest BCUT2D eigenvalue weighted by Crippen LogP contribution is -1.95. The minimum atomic E-state index is 0.881. The maximum Gasteiger partial charge on any atom is 0.220 e. The second-order valence-electron chi connectivity index (χ2n) is 12.5. The molecule has 7 aromatic carbocycles. The van der Waals surface area contributed by atoms with E-state index < -0.39 is 0 Å². The zero-order valence-corrected chi connectivity index (χ0v) is 25.7. The second kappa shape index (κ2) is 9.47. The Morgan fingerprint density at radius 2 is 1.00 bits per heavy atom. The number of aromatic nitrogens is 4. The number of rotatable bonds is 3. The molecule has 0 amide bonds. The van der Waals surface area contributed by atoms with Crippen molar-refractivity contribution < 1.29 is 4.42 Å². The minimum Gasteiger partial charge on any atom is -0.456 e. The predicted molar refractivity (Wildman–Crippen MR) is 197 cm³/mol. The van der Waals surface area contributed by atoms with Crippen LogP contribution in [0.5, 0.6) is 0 Å². The Morgan fingerprint density at radius 1 is 0.396 bits per heavy atom. The van der Waals surface area contributed by atoms with Crippen LogP contribution in [0, 0.1) is 0 Å². The zero-order chi connectivity index (χ0) is 31.3. The zero-order valence-electron chi connectivity index (χ0n) is 25.7. The van der Waals surface area contributed by atoms with Crippen LogP contribution in [0.2, 0.25) is 0 Å². The maximum atomic E-state index is 6.37. The molecule has 0 saturated heterocycles. The van der Waals surface area contributed by atoms with Crippen LogP contribution in [0.3, 0.4) is 0 Å². The van der Waals surface area contributed by atoms with E-state index in [1.807, 2.05) is 6.07 Å². The van der Waals surface area contributed by atoms with Crippen molar-refractivity contribution in [3.05, 3.63) is 158 Å². The summed E-state index contributed by atoms with van der Waals surface area (Å²) in [4.78, 5) is 5.08. The molecule has 11 aromatic rings. The molecule has 0 fully saturated rings. The number of fused-ring (bicyclic) bond motifs is 11. The quantitative estimate of drug-likeness (QED) is 0.199. The molecule has 0 saturated carbocycles. The van der Waals surface area contributed by atoms with Gasteiger partial charge in [0.05, 0.1) is 33.1 Å². The molecule has 11 rings (SSSR count). The van der Waals surface area contributed by atoms with Crippen LogP contribution < -0.4 is 0 Å². The first-order valence-corrected chi connectivity index (χ1v) is 16.2. The Kier molecular flexibility index (Phi) is 5.05. The van der Waals surface area contributed by atoms with Gasteiger partial charge < -0.3 is 8.98 Å². The summed E-state index contributed by atoms with van der Waals surface area (Å²) in [5.74, 6) is 0.906. The molecule has 5 heteroatoms.